The molecule has 0 radical (unpaired) electrons. The highest BCUT2D eigenvalue weighted by atomic mass is 16.4. The fourth-order valence-electron chi connectivity index (χ4n) is 2.07. The molecule has 0 fully saturated rings. The van der Waals surface area contributed by atoms with E-state index in [1.807, 2.05) is 20.8 Å². The van der Waals surface area contributed by atoms with E-state index in [1.54, 1.807) is 23.0 Å². The lowest BCUT2D eigenvalue weighted by Gasteiger charge is -2.20. The molecule has 1 heterocycles. The molecule has 0 saturated heterocycles. The van der Waals surface area contributed by atoms with Crippen LogP contribution in [0.3, 0.4) is 0 Å². The zero-order valence-corrected chi connectivity index (χ0v) is 12.4. The standard InChI is InChI=1S/C15H19N3O3/c1-15(2,3)17-13(19)6-7-18-9-16-11-5-4-10(14(20)21)8-12(11)18/h4-5,8-9H,6-7H2,1-3H3,(H,17,19)(H,20,21). The molecule has 21 heavy (non-hydrogen) atoms. The number of aromatic nitrogens is 2. The van der Waals surface area contributed by atoms with Crippen LogP contribution in [-0.4, -0.2) is 32.1 Å². The molecule has 0 unspecified atom stereocenters. The maximum Gasteiger partial charge on any atom is 0.335 e. The number of hydrogen-bond donors (Lipinski definition) is 2. The van der Waals surface area contributed by atoms with E-state index in [1.165, 1.54) is 6.07 Å². The second kappa shape index (κ2) is 5.55. The average Bonchev–Trinajstić information content (AvgIpc) is 2.76. The maximum absolute atomic E-state index is 11.8. The van der Waals surface area contributed by atoms with Gasteiger partial charge in [-0.2, -0.15) is 0 Å². The van der Waals surface area contributed by atoms with Gasteiger partial charge in [0, 0.05) is 18.5 Å². The van der Waals surface area contributed by atoms with Crippen LogP contribution < -0.4 is 5.32 Å². The van der Waals surface area contributed by atoms with Gasteiger partial charge in [0.05, 0.1) is 22.9 Å². The van der Waals surface area contributed by atoms with Crippen LogP contribution in [0.1, 0.15) is 37.6 Å². The van der Waals surface area contributed by atoms with Crippen molar-refractivity contribution in [1.29, 1.82) is 0 Å². The molecule has 1 amide bonds. The molecule has 0 aliphatic carbocycles. The first-order valence-corrected chi connectivity index (χ1v) is 6.75. The molecule has 0 aliphatic heterocycles. The van der Waals surface area contributed by atoms with E-state index in [9.17, 15) is 9.59 Å². The molecule has 112 valence electrons. The molecule has 1 aromatic heterocycles. The molecule has 0 saturated carbocycles. The molecule has 2 aromatic rings. The highest BCUT2D eigenvalue weighted by Crippen LogP contribution is 2.15. The highest BCUT2D eigenvalue weighted by Gasteiger charge is 2.14. The van der Waals surface area contributed by atoms with Crippen LogP contribution in [0.25, 0.3) is 11.0 Å². The van der Waals surface area contributed by atoms with Crippen molar-refractivity contribution in [3.8, 4) is 0 Å². The Labute approximate surface area is 122 Å². The van der Waals surface area contributed by atoms with Crippen LogP contribution in [0.5, 0.6) is 0 Å². The largest absolute Gasteiger partial charge is 0.478 e. The van der Waals surface area contributed by atoms with Gasteiger partial charge < -0.3 is 15.0 Å². The van der Waals surface area contributed by atoms with E-state index < -0.39 is 5.97 Å². The monoisotopic (exact) mass is 289 g/mol. The minimum atomic E-state index is -0.977. The zero-order chi connectivity index (χ0) is 15.6. The first-order valence-electron chi connectivity index (χ1n) is 6.75. The van der Waals surface area contributed by atoms with E-state index in [0.29, 0.717) is 13.0 Å². The predicted octanol–water partition coefficient (Wildman–Crippen LogP) is 2.04. The Balaban J connectivity index is 2.13. The molecular formula is C15H19N3O3. The van der Waals surface area contributed by atoms with E-state index in [0.717, 1.165) is 11.0 Å². The number of nitrogens with one attached hydrogen (secondary N) is 1. The second-order valence-electron chi connectivity index (χ2n) is 5.99. The van der Waals surface area contributed by atoms with Gasteiger partial charge in [-0.1, -0.05) is 0 Å². The third-order valence-corrected chi connectivity index (χ3v) is 2.96. The van der Waals surface area contributed by atoms with Crippen molar-refractivity contribution in [2.75, 3.05) is 0 Å². The van der Waals surface area contributed by atoms with Crippen molar-refractivity contribution in [3.05, 3.63) is 30.1 Å². The van der Waals surface area contributed by atoms with Gasteiger partial charge in [-0.15, -0.1) is 0 Å². The molecule has 2 N–H and O–H groups in total. The van der Waals surface area contributed by atoms with Gasteiger partial charge in [0.15, 0.2) is 0 Å². The van der Waals surface area contributed by atoms with Crippen LogP contribution in [0.4, 0.5) is 0 Å². The van der Waals surface area contributed by atoms with E-state index in [-0.39, 0.29) is 17.0 Å². The van der Waals surface area contributed by atoms with Crippen molar-refractivity contribution in [3.63, 3.8) is 0 Å². The Morgan fingerprint density at radius 1 is 1.33 bits per heavy atom. The number of nitrogens with zero attached hydrogens (tertiary/aromatic N) is 2. The van der Waals surface area contributed by atoms with Gasteiger partial charge in [0.1, 0.15) is 0 Å². The van der Waals surface area contributed by atoms with E-state index in [4.69, 9.17) is 5.11 Å². The van der Waals surface area contributed by atoms with Gasteiger partial charge >= 0.3 is 5.97 Å². The number of imidazole rings is 1. The maximum atomic E-state index is 11.8. The number of benzene rings is 1. The Kier molecular flexibility index (Phi) is 3.97. The van der Waals surface area contributed by atoms with E-state index in [2.05, 4.69) is 10.3 Å². The summed E-state index contributed by atoms with van der Waals surface area (Å²) in [4.78, 5) is 27.0. The summed E-state index contributed by atoms with van der Waals surface area (Å²) < 4.78 is 1.80. The Morgan fingerprint density at radius 2 is 2.05 bits per heavy atom. The summed E-state index contributed by atoms with van der Waals surface area (Å²) >= 11 is 0. The van der Waals surface area contributed by atoms with Crippen molar-refractivity contribution in [2.45, 2.75) is 39.3 Å². The molecule has 2 rings (SSSR count). The Bertz CT molecular complexity index is 683. The quantitative estimate of drug-likeness (QED) is 0.902. The number of rotatable bonds is 4. The summed E-state index contributed by atoms with van der Waals surface area (Å²) in [6.07, 6.45) is 1.95. The van der Waals surface area contributed by atoms with Crippen molar-refractivity contribution < 1.29 is 14.7 Å². The molecule has 0 atom stereocenters. The lowest BCUT2D eigenvalue weighted by atomic mass is 10.1. The smallest absolute Gasteiger partial charge is 0.335 e. The van der Waals surface area contributed by atoms with Gasteiger partial charge in [0.25, 0.3) is 0 Å². The SMILES string of the molecule is CC(C)(C)NC(=O)CCn1cnc2ccc(C(=O)O)cc21. The number of carbonyl (C=O) groups is 2. The van der Waals surface area contributed by atoms with Gasteiger partial charge in [0.2, 0.25) is 5.91 Å². The number of aryl methyl sites for hydroxylation is 1. The summed E-state index contributed by atoms with van der Waals surface area (Å²) in [7, 11) is 0. The lowest BCUT2D eigenvalue weighted by molar-refractivity contribution is -0.122. The van der Waals surface area contributed by atoms with Gasteiger partial charge in [-0.25, -0.2) is 9.78 Å². The first-order chi connectivity index (χ1) is 9.76. The van der Waals surface area contributed by atoms with Gasteiger partial charge in [-0.05, 0) is 39.0 Å². The second-order valence-corrected chi connectivity index (χ2v) is 5.99. The van der Waals surface area contributed by atoms with E-state index >= 15 is 0 Å². The van der Waals surface area contributed by atoms with Crippen molar-refractivity contribution in [1.82, 2.24) is 14.9 Å². The van der Waals surface area contributed by atoms with Crippen LogP contribution >= 0.6 is 0 Å². The number of fused-ring (bicyclic) bond motifs is 1. The minimum absolute atomic E-state index is 0.0428. The fraction of sp³-hybridized carbons (Fsp3) is 0.400. The third kappa shape index (κ3) is 3.81. The first kappa shape index (κ1) is 15.0. The molecule has 1 aromatic carbocycles. The van der Waals surface area contributed by atoms with Crippen molar-refractivity contribution >= 4 is 22.9 Å². The third-order valence-electron chi connectivity index (χ3n) is 2.96. The summed E-state index contributed by atoms with van der Waals surface area (Å²) in [5.74, 6) is -1.02. The van der Waals surface area contributed by atoms with Gasteiger partial charge in [-0.3, -0.25) is 4.79 Å². The summed E-state index contributed by atoms with van der Waals surface area (Å²) in [5.41, 5.74) is 1.39. The Morgan fingerprint density at radius 3 is 2.67 bits per heavy atom. The highest BCUT2D eigenvalue weighted by molar-refractivity contribution is 5.92. The lowest BCUT2D eigenvalue weighted by Crippen LogP contribution is -2.40. The number of hydrogen-bond acceptors (Lipinski definition) is 3. The van der Waals surface area contributed by atoms with Crippen molar-refractivity contribution in [2.24, 2.45) is 0 Å². The fourth-order valence-corrected chi connectivity index (χ4v) is 2.07. The summed E-state index contributed by atoms with van der Waals surface area (Å²) in [6, 6.07) is 4.77. The normalized spacial score (nSPS) is 11.6. The summed E-state index contributed by atoms with van der Waals surface area (Å²) in [5, 5.41) is 11.9. The number of aromatic carboxylic acids is 1. The number of carbonyl (C=O) groups excluding carboxylic acids is 1. The molecular weight excluding hydrogens is 270 g/mol. The van der Waals surface area contributed by atoms with Crippen LogP contribution in [0, 0.1) is 0 Å². The minimum Gasteiger partial charge on any atom is -0.478 e. The molecule has 0 bridgehead atoms. The number of carboxylic acid groups (broad SMARTS) is 1. The van der Waals surface area contributed by atoms with Crippen LogP contribution in [0.15, 0.2) is 24.5 Å². The molecule has 6 heteroatoms. The predicted molar refractivity (Wildman–Crippen MR) is 79.2 cm³/mol. The number of carboxylic acids is 1. The molecule has 0 spiro atoms. The zero-order valence-electron chi connectivity index (χ0n) is 12.4. The topological polar surface area (TPSA) is 84.2 Å². The van der Waals surface area contributed by atoms with Crippen LogP contribution in [-0.2, 0) is 11.3 Å². The molecule has 6 nitrogen and oxygen atoms in total. The molecule has 0 aliphatic rings. The summed E-state index contributed by atoms with van der Waals surface area (Å²) in [6.45, 7) is 6.24. The Hall–Kier alpha value is -2.37. The van der Waals surface area contributed by atoms with Crippen LogP contribution in [0.2, 0.25) is 0 Å². The number of amides is 1. The average molecular weight is 289 g/mol.